The van der Waals surface area contributed by atoms with E-state index in [1.54, 1.807) is 0 Å². The molecule has 90 valence electrons. The lowest BCUT2D eigenvalue weighted by Crippen LogP contribution is -2.02. The zero-order valence-electron chi connectivity index (χ0n) is 10.5. The molecule has 0 aromatic heterocycles. The van der Waals surface area contributed by atoms with Crippen molar-refractivity contribution in [3.63, 3.8) is 0 Å². The molecule has 0 radical (unpaired) electrons. The lowest BCUT2D eigenvalue weighted by Gasteiger charge is -2.07. The van der Waals surface area contributed by atoms with Gasteiger partial charge in [0.25, 0.3) is 0 Å². The lowest BCUT2D eigenvalue weighted by molar-refractivity contribution is 0.921. The van der Waals surface area contributed by atoms with Crippen molar-refractivity contribution in [2.45, 2.75) is 33.1 Å². The van der Waals surface area contributed by atoms with Crippen molar-refractivity contribution >= 4 is 17.4 Å². The highest BCUT2D eigenvalue weighted by molar-refractivity contribution is 7.99. The number of rotatable bonds is 8. The van der Waals surface area contributed by atoms with E-state index in [2.05, 4.69) is 43.4 Å². The molecule has 0 aliphatic rings. The molecular formula is C14H23NS. The fraction of sp³-hybridized carbons (Fsp3) is 0.571. The van der Waals surface area contributed by atoms with Gasteiger partial charge >= 0.3 is 0 Å². The zero-order valence-corrected chi connectivity index (χ0v) is 11.3. The highest BCUT2D eigenvalue weighted by Crippen LogP contribution is 2.11. The standard InChI is InChI=1S/C14H23NS/c1-3-6-13-7-9-14(10-8-13)15-11-5-12-16-4-2/h7-10,15H,3-6,11-12H2,1-2H3. The van der Waals surface area contributed by atoms with Gasteiger partial charge in [-0.1, -0.05) is 32.4 Å². The number of thioether (sulfide) groups is 1. The number of hydrogen-bond acceptors (Lipinski definition) is 2. The Morgan fingerprint density at radius 2 is 1.88 bits per heavy atom. The highest BCUT2D eigenvalue weighted by Gasteiger charge is 1.93. The second-order valence-electron chi connectivity index (χ2n) is 3.92. The molecule has 0 unspecified atom stereocenters. The maximum atomic E-state index is 3.46. The van der Waals surface area contributed by atoms with Gasteiger partial charge in [-0.05, 0) is 42.0 Å². The van der Waals surface area contributed by atoms with Gasteiger partial charge in [-0.15, -0.1) is 0 Å². The molecule has 16 heavy (non-hydrogen) atoms. The Morgan fingerprint density at radius 1 is 1.12 bits per heavy atom. The molecule has 0 fully saturated rings. The van der Waals surface area contributed by atoms with Gasteiger partial charge in [0.05, 0.1) is 0 Å². The number of hydrogen-bond donors (Lipinski definition) is 1. The molecule has 2 heteroatoms. The Hall–Kier alpha value is -0.630. The maximum Gasteiger partial charge on any atom is 0.0340 e. The van der Waals surface area contributed by atoms with Crippen LogP contribution in [0, 0.1) is 0 Å². The lowest BCUT2D eigenvalue weighted by atomic mass is 10.1. The van der Waals surface area contributed by atoms with Gasteiger partial charge in [0, 0.05) is 12.2 Å². The minimum Gasteiger partial charge on any atom is -0.385 e. The first-order valence-electron chi connectivity index (χ1n) is 6.27. The first-order chi connectivity index (χ1) is 7.86. The highest BCUT2D eigenvalue weighted by atomic mass is 32.2. The third kappa shape index (κ3) is 5.45. The first-order valence-corrected chi connectivity index (χ1v) is 7.42. The summed E-state index contributed by atoms with van der Waals surface area (Å²) in [5.41, 5.74) is 2.69. The number of benzene rings is 1. The van der Waals surface area contributed by atoms with Gasteiger partial charge in [-0.2, -0.15) is 11.8 Å². The molecule has 0 aliphatic carbocycles. The van der Waals surface area contributed by atoms with Crippen molar-refractivity contribution in [1.29, 1.82) is 0 Å². The summed E-state index contributed by atoms with van der Waals surface area (Å²) in [5, 5.41) is 3.46. The van der Waals surface area contributed by atoms with Crippen LogP contribution >= 0.6 is 11.8 Å². The van der Waals surface area contributed by atoms with Crippen LogP contribution in [-0.4, -0.2) is 18.1 Å². The van der Waals surface area contributed by atoms with E-state index in [1.807, 2.05) is 11.8 Å². The minimum absolute atomic E-state index is 1.08. The van der Waals surface area contributed by atoms with Crippen molar-refractivity contribution < 1.29 is 0 Å². The summed E-state index contributed by atoms with van der Waals surface area (Å²) in [5.74, 6) is 2.49. The van der Waals surface area contributed by atoms with Crippen LogP contribution in [-0.2, 0) is 6.42 Å². The first kappa shape index (κ1) is 13.4. The second kappa shape index (κ2) is 8.51. The third-order valence-electron chi connectivity index (χ3n) is 2.49. The van der Waals surface area contributed by atoms with Crippen molar-refractivity contribution in [2.24, 2.45) is 0 Å². The molecule has 1 aromatic carbocycles. The van der Waals surface area contributed by atoms with E-state index in [4.69, 9.17) is 0 Å². The smallest absolute Gasteiger partial charge is 0.0340 e. The summed E-state index contributed by atoms with van der Waals surface area (Å²) in [6.07, 6.45) is 3.66. The van der Waals surface area contributed by atoms with Crippen molar-refractivity contribution in [2.75, 3.05) is 23.4 Å². The van der Waals surface area contributed by atoms with Gasteiger partial charge in [-0.3, -0.25) is 0 Å². The van der Waals surface area contributed by atoms with Crippen LogP contribution in [0.15, 0.2) is 24.3 Å². The van der Waals surface area contributed by atoms with Crippen molar-refractivity contribution in [1.82, 2.24) is 0 Å². The van der Waals surface area contributed by atoms with Crippen molar-refractivity contribution in [3.8, 4) is 0 Å². The molecule has 0 bridgehead atoms. The monoisotopic (exact) mass is 237 g/mol. The van der Waals surface area contributed by atoms with Crippen molar-refractivity contribution in [3.05, 3.63) is 29.8 Å². The second-order valence-corrected chi connectivity index (χ2v) is 5.32. The molecule has 1 N–H and O–H groups in total. The van der Waals surface area contributed by atoms with E-state index in [-0.39, 0.29) is 0 Å². The number of aryl methyl sites for hydroxylation is 1. The van der Waals surface area contributed by atoms with Crippen LogP contribution in [0.5, 0.6) is 0 Å². The summed E-state index contributed by atoms with van der Waals surface area (Å²) < 4.78 is 0. The van der Waals surface area contributed by atoms with Crippen LogP contribution in [0.2, 0.25) is 0 Å². The van der Waals surface area contributed by atoms with Gasteiger partial charge in [0.2, 0.25) is 0 Å². The summed E-state index contributed by atoms with van der Waals surface area (Å²) in [6, 6.07) is 8.84. The molecule has 0 saturated carbocycles. The molecular weight excluding hydrogens is 214 g/mol. The minimum atomic E-state index is 1.08. The topological polar surface area (TPSA) is 12.0 Å². The van der Waals surface area contributed by atoms with E-state index in [9.17, 15) is 0 Å². The third-order valence-corrected chi connectivity index (χ3v) is 3.48. The summed E-state index contributed by atoms with van der Waals surface area (Å²) in [4.78, 5) is 0. The van der Waals surface area contributed by atoms with E-state index >= 15 is 0 Å². The Bertz CT molecular complexity index is 269. The maximum absolute atomic E-state index is 3.46. The molecule has 1 nitrogen and oxygen atoms in total. The van der Waals surface area contributed by atoms with Gasteiger partial charge in [0.15, 0.2) is 0 Å². The Balaban J connectivity index is 2.21. The Kier molecular flexibility index (Phi) is 7.15. The van der Waals surface area contributed by atoms with Gasteiger partial charge in [0.1, 0.15) is 0 Å². The van der Waals surface area contributed by atoms with E-state index < -0.39 is 0 Å². The van der Waals surface area contributed by atoms with Crippen LogP contribution < -0.4 is 5.32 Å². The predicted octanol–water partition coefficient (Wildman–Crippen LogP) is 4.19. The largest absolute Gasteiger partial charge is 0.385 e. The SMILES string of the molecule is CCCc1ccc(NCCCSCC)cc1. The van der Waals surface area contributed by atoms with Crippen LogP contribution in [0.25, 0.3) is 0 Å². The summed E-state index contributed by atoms with van der Waals surface area (Å²) >= 11 is 2.01. The summed E-state index contributed by atoms with van der Waals surface area (Å²) in [6.45, 7) is 5.52. The van der Waals surface area contributed by atoms with E-state index in [0.29, 0.717) is 0 Å². The fourth-order valence-corrected chi connectivity index (χ4v) is 2.27. The predicted molar refractivity (Wildman–Crippen MR) is 76.5 cm³/mol. The zero-order chi connectivity index (χ0) is 11.6. The quantitative estimate of drug-likeness (QED) is 0.680. The van der Waals surface area contributed by atoms with E-state index in [1.165, 1.54) is 42.0 Å². The number of anilines is 1. The average molecular weight is 237 g/mol. The van der Waals surface area contributed by atoms with Crippen LogP contribution in [0.3, 0.4) is 0 Å². The normalized spacial score (nSPS) is 10.4. The molecule has 0 amide bonds. The summed E-state index contributed by atoms with van der Waals surface area (Å²) in [7, 11) is 0. The van der Waals surface area contributed by atoms with Crippen LogP contribution in [0.1, 0.15) is 32.3 Å². The molecule has 1 rings (SSSR count). The van der Waals surface area contributed by atoms with Gasteiger partial charge in [-0.25, -0.2) is 0 Å². The van der Waals surface area contributed by atoms with Gasteiger partial charge < -0.3 is 5.32 Å². The average Bonchev–Trinajstić information content (AvgIpc) is 2.31. The Morgan fingerprint density at radius 3 is 2.50 bits per heavy atom. The molecule has 0 atom stereocenters. The fourth-order valence-electron chi connectivity index (χ4n) is 1.63. The molecule has 0 spiro atoms. The Labute approximate surface area is 104 Å². The molecule has 1 aromatic rings. The molecule has 0 aliphatic heterocycles. The van der Waals surface area contributed by atoms with E-state index in [0.717, 1.165) is 6.54 Å². The molecule has 0 heterocycles. The number of nitrogens with one attached hydrogen (secondary N) is 1. The molecule has 0 saturated heterocycles. The van der Waals surface area contributed by atoms with Crippen LogP contribution in [0.4, 0.5) is 5.69 Å².